The normalized spacial score (nSPS) is 14.5. The van der Waals surface area contributed by atoms with E-state index in [-0.39, 0.29) is 19.6 Å². The van der Waals surface area contributed by atoms with Crippen LogP contribution in [0.15, 0.2) is 84.8 Å². The lowest BCUT2D eigenvalue weighted by Crippen LogP contribution is -2.35. The minimum atomic E-state index is -0.220. The summed E-state index contributed by atoms with van der Waals surface area (Å²) in [5, 5.41) is 3.64. The first-order valence-corrected chi connectivity index (χ1v) is 12.9. The molecule has 11 nitrogen and oxygen atoms in total. The van der Waals surface area contributed by atoms with Crippen LogP contribution in [0.1, 0.15) is 14.3 Å². The Balaban J connectivity index is 0.00000323. The monoisotopic (exact) mass is 525 g/mol. The van der Waals surface area contributed by atoms with Crippen LogP contribution in [0.25, 0.3) is 22.5 Å². The number of nitrogens with one attached hydrogen (secondary N) is 1. The van der Waals surface area contributed by atoms with Crippen molar-refractivity contribution in [1.82, 2.24) is 38.8 Å². The fourth-order valence-corrected chi connectivity index (χ4v) is 4.75. The van der Waals surface area contributed by atoms with Crippen molar-refractivity contribution in [1.29, 1.82) is 0 Å². The summed E-state index contributed by atoms with van der Waals surface area (Å²) in [6, 6.07) is 13.4. The van der Waals surface area contributed by atoms with Crippen molar-refractivity contribution < 1.29 is 6.16 Å². The number of nitrogens with zero attached hydrogens (tertiary/aromatic N) is 8. The van der Waals surface area contributed by atoms with E-state index < -0.39 is 0 Å². The van der Waals surface area contributed by atoms with Gasteiger partial charge >= 0.3 is 0 Å². The van der Waals surface area contributed by atoms with Crippen LogP contribution in [-0.4, -0.2) is 65.0 Å². The first-order valence-electron chi connectivity index (χ1n) is 12.9. The predicted octanol–water partition coefficient (Wildman–Crippen LogP) is 3.81. The number of imidazole rings is 1. The van der Waals surface area contributed by atoms with Crippen LogP contribution in [0.4, 0.5) is 11.6 Å². The van der Waals surface area contributed by atoms with Crippen molar-refractivity contribution in [2.75, 3.05) is 25.5 Å². The SMILES string of the molecule is C=CCn1c(=O)c2cnc(Nc3cccc(-n4ccnc4)c3)nc2n1-c1cccc(OC2CCN(C)CC2)n1.[HH]. The second kappa shape index (κ2) is 10.5. The third-order valence-corrected chi connectivity index (χ3v) is 6.76. The molecular formula is C28H31N9O2. The van der Waals surface area contributed by atoms with Gasteiger partial charge in [-0.25, -0.2) is 19.3 Å². The van der Waals surface area contributed by atoms with E-state index in [2.05, 4.69) is 33.8 Å². The lowest BCUT2D eigenvalue weighted by molar-refractivity contribution is 0.110. The Hall–Kier alpha value is -4.77. The molecule has 0 amide bonds. The highest BCUT2D eigenvalue weighted by molar-refractivity contribution is 5.77. The second-order valence-electron chi connectivity index (χ2n) is 9.52. The van der Waals surface area contributed by atoms with E-state index in [1.165, 1.54) is 0 Å². The van der Waals surface area contributed by atoms with Crippen LogP contribution in [-0.2, 0) is 6.54 Å². The van der Waals surface area contributed by atoms with Gasteiger partial charge in [-0.2, -0.15) is 9.97 Å². The number of ether oxygens (including phenoxy) is 1. The minimum absolute atomic E-state index is 0. The van der Waals surface area contributed by atoms with Gasteiger partial charge in [0, 0.05) is 50.5 Å². The van der Waals surface area contributed by atoms with Gasteiger partial charge in [-0.15, -0.1) is 6.58 Å². The van der Waals surface area contributed by atoms with Crippen LogP contribution in [0.3, 0.4) is 0 Å². The maximum Gasteiger partial charge on any atom is 0.278 e. The molecule has 200 valence electrons. The highest BCUT2D eigenvalue weighted by Crippen LogP contribution is 2.22. The maximum atomic E-state index is 13.3. The minimum Gasteiger partial charge on any atom is -0.474 e. The van der Waals surface area contributed by atoms with Gasteiger partial charge in [0.1, 0.15) is 11.5 Å². The number of pyridine rings is 1. The quantitative estimate of drug-likeness (QED) is 0.305. The number of benzene rings is 1. The zero-order valence-corrected chi connectivity index (χ0v) is 21.6. The number of aromatic nitrogens is 7. The average molecular weight is 526 g/mol. The average Bonchev–Trinajstić information content (AvgIpc) is 3.58. The topological polar surface area (TPSA) is 108 Å². The van der Waals surface area contributed by atoms with E-state index in [4.69, 9.17) is 14.7 Å². The Morgan fingerprint density at radius 3 is 2.82 bits per heavy atom. The van der Waals surface area contributed by atoms with Crippen molar-refractivity contribution in [3.8, 4) is 17.4 Å². The van der Waals surface area contributed by atoms with Crippen molar-refractivity contribution in [3.05, 3.63) is 90.4 Å². The lowest BCUT2D eigenvalue weighted by atomic mass is 10.1. The largest absolute Gasteiger partial charge is 0.474 e. The number of hydrogen-bond donors (Lipinski definition) is 1. The molecule has 5 aromatic rings. The van der Waals surface area contributed by atoms with Crippen LogP contribution in [0.5, 0.6) is 5.88 Å². The molecule has 0 radical (unpaired) electrons. The van der Waals surface area contributed by atoms with Crippen LogP contribution < -0.4 is 15.6 Å². The summed E-state index contributed by atoms with van der Waals surface area (Å²) in [4.78, 5) is 33.6. The van der Waals surface area contributed by atoms with E-state index in [1.807, 2.05) is 53.2 Å². The molecule has 5 heterocycles. The first-order chi connectivity index (χ1) is 19.1. The molecule has 1 aromatic carbocycles. The summed E-state index contributed by atoms with van der Waals surface area (Å²) >= 11 is 0. The van der Waals surface area contributed by atoms with Gasteiger partial charge in [0.25, 0.3) is 5.56 Å². The van der Waals surface area contributed by atoms with E-state index in [0.717, 1.165) is 37.3 Å². The summed E-state index contributed by atoms with van der Waals surface area (Å²) < 4.78 is 11.4. The molecule has 0 aliphatic carbocycles. The molecule has 6 rings (SSSR count). The number of fused-ring (bicyclic) bond motifs is 1. The van der Waals surface area contributed by atoms with E-state index in [0.29, 0.717) is 28.7 Å². The summed E-state index contributed by atoms with van der Waals surface area (Å²) in [5.74, 6) is 1.40. The van der Waals surface area contributed by atoms with Gasteiger partial charge in [-0.3, -0.25) is 4.79 Å². The van der Waals surface area contributed by atoms with Crippen LogP contribution in [0.2, 0.25) is 0 Å². The molecule has 1 saturated heterocycles. The van der Waals surface area contributed by atoms with Gasteiger partial charge in [0.05, 0.1) is 12.9 Å². The third kappa shape index (κ3) is 5.04. The number of piperidine rings is 1. The number of allylic oxidation sites excluding steroid dienone is 1. The molecule has 4 aromatic heterocycles. The second-order valence-corrected chi connectivity index (χ2v) is 9.52. The summed E-state index contributed by atoms with van der Waals surface area (Å²) in [5.41, 5.74) is 1.96. The summed E-state index contributed by atoms with van der Waals surface area (Å²) in [7, 11) is 2.12. The summed E-state index contributed by atoms with van der Waals surface area (Å²) in [6.07, 6.45) is 10.6. The Bertz CT molecular complexity index is 1670. The van der Waals surface area contributed by atoms with Crippen molar-refractivity contribution >= 4 is 22.7 Å². The highest BCUT2D eigenvalue weighted by atomic mass is 16.5. The zero-order chi connectivity index (χ0) is 26.8. The predicted molar refractivity (Wildman–Crippen MR) is 151 cm³/mol. The molecule has 0 bridgehead atoms. The fourth-order valence-electron chi connectivity index (χ4n) is 4.75. The number of anilines is 2. The third-order valence-electron chi connectivity index (χ3n) is 6.76. The summed E-state index contributed by atoms with van der Waals surface area (Å²) in [6.45, 7) is 6.09. The Kier molecular flexibility index (Phi) is 6.64. The molecule has 0 atom stereocenters. The van der Waals surface area contributed by atoms with Gasteiger partial charge in [-0.1, -0.05) is 18.2 Å². The van der Waals surface area contributed by atoms with Gasteiger partial charge in [0.15, 0.2) is 11.5 Å². The van der Waals surface area contributed by atoms with E-state index >= 15 is 0 Å². The zero-order valence-electron chi connectivity index (χ0n) is 21.6. The van der Waals surface area contributed by atoms with Gasteiger partial charge in [-0.05, 0) is 44.2 Å². The maximum absolute atomic E-state index is 13.3. The molecular weight excluding hydrogens is 494 g/mol. The Labute approximate surface area is 226 Å². The molecule has 1 N–H and O–H groups in total. The molecule has 1 aliphatic rings. The van der Waals surface area contributed by atoms with Crippen LogP contribution in [0, 0.1) is 0 Å². The van der Waals surface area contributed by atoms with Crippen molar-refractivity contribution in [2.45, 2.75) is 25.5 Å². The lowest BCUT2D eigenvalue weighted by Gasteiger charge is -2.29. The van der Waals surface area contributed by atoms with E-state index in [1.54, 1.807) is 34.2 Å². The van der Waals surface area contributed by atoms with Crippen LogP contribution >= 0.6 is 0 Å². The van der Waals surface area contributed by atoms with Gasteiger partial charge < -0.3 is 19.5 Å². The fraction of sp³-hybridized carbons (Fsp3) is 0.250. The van der Waals surface area contributed by atoms with E-state index in [9.17, 15) is 4.79 Å². The number of likely N-dealkylation sites (tertiary alicyclic amines) is 1. The Morgan fingerprint density at radius 1 is 1.18 bits per heavy atom. The van der Waals surface area contributed by atoms with Gasteiger partial charge in [0.2, 0.25) is 11.8 Å². The van der Waals surface area contributed by atoms with Crippen molar-refractivity contribution in [2.24, 2.45) is 0 Å². The Morgan fingerprint density at radius 2 is 2.03 bits per heavy atom. The number of hydrogen-bond acceptors (Lipinski definition) is 8. The standard InChI is InChI=1S/C28H29N9O2.H2/c1-3-13-36-27(38)23-18-30-28(31-20-6-4-7-21(17-20)35-16-12-29-19-35)33-26(23)37(36)24-8-5-9-25(32-24)39-22-10-14-34(2)15-11-22;/h3-9,12,16-19,22H,1,10-11,13-15H2,2H3,(H,30,31,33);1H. The molecule has 0 saturated carbocycles. The molecule has 39 heavy (non-hydrogen) atoms. The highest BCUT2D eigenvalue weighted by Gasteiger charge is 2.21. The van der Waals surface area contributed by atoms with Crippen molar-refractivity contribution in [3.63, 3.8) is 0 Å². The number of rotatable bonds is 8. The smallest absolute Gasteiger partial charge is 0.278 e. The molecule has 0 spiro atoms. The molecule has 1 aliphatic heterocycles. The molecule has 0 unspecified atom stereocenters. The first kappa shape index (κ1) is 24.6. The molecule has 11 heteroatoms. The molecule has 1 fully saturated rings.